The highest BCUT2D eigenvalue weighted by atomic mass is 16.2. The zero-order valence-corrected chi connectivity index (χ0v) is 13.4. The highest BCUT2D eigenvalue weighted by Crippen LogP contribution is 2.19. The van der Waals surface area contributed by atoms with Crippen molar-refractivity contribution in [3.8, 4) is 0 Å². The Bertz CT molecular complexity index is 808. The van der Waals surface area contributed by atoms with Crippen LogP contribution < -0.4 is 16.6 Å². The van der Waals surface area contributed by atoms with E-state index in [2.05, 4.69) is 10.3 Å². The molecule has 0 aliphatic carbocycles. The molecule has 1 aliphatic heterocycles. The maximum atomic E-state index is 12.6. The molecular formula is C15H23N5O2. The fraction of sp³-hybridized carbons (Fsp3) is 0.667. The monoisotopic (exact) mass is 305 g/mol. The van der Waals surface area contributed by atoms with Gasteiger partial charge in [-0.05, 0) is 31.8 Å². The SMILES string of the molecule is CCc1nc2c(c(=O)n(C)c(=O)n2C)n1CC1CCNCC1. The van der Waals surface area contributed by atoms with Crippen LogP contribution in [0, 0.1) is 5.92 Å². The van der Waals surface area contributed by atoms with E-state index in [1.165, 1.54) is 16.2 Å². The lowest BCUT2D eigenvalue weighted by atomic mass is 9.98. The van der Waals surface area contributed by atoms with Gasteiger partial charge in [0.1, 0.15) is 5.82 Å². The Labute approximate surface area is 128 Å². The number of hydrogen-bond donors (Lipinski definition) is 1. The third-order valence-electron chi connectivity index (χ3n) is 4.64. The number of fused-ring (bicyclic) bond motifs is 1. The zero-order valence-electron chi connectivity index (χ0n) is 13.4. The maximum Gasteiger partial charge on any atom is 0.332 e. The van der Waals surface area contributed by atoms with E-state index in [1.807, 2.05) is 11.5 Å². The molecule has 1 N–H and O–H groups in total. The molecule has 1 fully saturated rings. The van der Waals surface area contributed by atoms with Gasteiger partial charge in [-0.25, -0.2) is 9.78 Å². The molecule has 0 bridgehead atoms. The van der Waals surface area contributed by atoms with Crippen LogP contribution in [0.25, 0.3) is 11.2 Å². The van der Waals surface area contributed by atoms with Crippen LogP contribution in [0.4, 0.5) is 0 Å². The average molecular weight is 305 g/mol. The summed E-state index contributed by atoms with van der Waals surface area (Å²) in [5, 5.41) is 3.36. The fourth-order valence-electron chi connectivity index (χ4n) is 3.28. The van der Waals surface area contributed by atoms with Crippen LogP contribution in [0.1, 0.15) is 25.6 Å². The van der Waals surface area contributed by atoms with Crippen LogP contribution >= 0.6 is 0 Å². The number of rotatable bonds is 3. The van der Waals surface area contributed by atoms with Gasteiger partial charge < -0.3 is 9.88 Å². The van der Waals surface area contributed by atoms with Gasteiger partial charge in [0.2, 0.25) is 0 Å². The van der Waals surface area contributed by atoms with Gasteiger partial charge in [0.15, 0.2) is 11.2 Å². The van der Waals surface area contributed by atoms with Crippen molar-refractivity contribution in [3.05, 3.63) is 26.7 Å². The smallest absolute Gasteiger partial charge is 0.322 e. The van der Waals surface area contributed by atoms with E-state index in [-0.39, 0.29) is 11.2 Å². The summed E-state index contributed by atoms with van der Waals surface area (Å²) < 4.78 is 4.67. The molecule has 1 aliphatic rings. The minimum absolute atomic E-state index is 0.251. The first-order valence-electron chi connectivity index (χ1n) is 7.90. The predicted molar refractivity (Wildman–Crippen MR) is 85.2 cm³/mol. The molecule has 0 unspecified atom stereocenters. The fourth-order valence-corrected chi connectivity index (χ4v) is 3.28. The van der Waals surface area contributed by atoms with Crippen molar-refractivity contribution < 1.29 is 0 Å². The largest absolute Gasteiger partial charge is 0.332 e. The first-order valence-corrected chi connectivity index (χ1v) is 7.90. The summed E-state index contributed by atoms with van der Waals surface area (Å²) >= 11 is 0. The van der Waals surface area contributed by atoms with E-state index < -0.39 is 0 Å². The normalized spacial score (nSPS) is 16.5. The van der Waals surface area contributed by atoms with E-state index in [0.717, 1.165) is 44.7 Å². The number of piperidine rings is 1. The quantitative estimate of drug-likeness (QED) is 0.866. The van der Waals surface area contributed by atoms with Crippen LogP contribution in [-0.2, 0) is 27.1 Å². The van der Waals surface area contributed by atoms with Crippen LogP contribution in [-0.4, -0.2) is 31.8 Å². The third kappa shape index (κ3) is 2.29. The van der Waals surface area contributed by atoms with Gasteiger partial charge in [0, 0.05) is 27.1 Å². The van der Waals surface area contributed by atoms with Gasteiger partial charge >= 0.3 is 5.69 Å². The zero-order chi connectivity index (χ0) is 15.9. The topological polar surface area (TPSA) is 73.8 Å². The Balaban J connectivity index is 2.19. The Hall–Kier alpha value is -1.89. The molecule has 7 nitrogen and oxygen atoms in total. The number of nitrogens with one attached hydrogen (secondary N) is 1. The number of imidazole rings is 1. The summed E-state index contributed by atoms with van der Waals surface area (Å²) in [5.74, 6) is 1.43. The van der Waals surface area contributed by atoms with Crippen molar-refractivity contribution in [2.45, 2.75) is 32.7 Å². The van der Waals surface area contributed by atoms with Crippen molar-refractivity contribution >= 4 is 11.2 Å². The highest BCUT2D eigenvalue weighted by molar-refractivity contribution is 5.71. The lowest BCUT2D eigenvalue weighted by molar-refractivity contribution is 0.333. The predicted octanol–water partition coefficient (Wildman–Crippen LogP) is -0.00430. The number of hydrogen-bond acceptors (Lipinski definition) is 4. The molecule has 7 heteroatoms. The Morgan fingerprint density at radius 1 is 1.18 bits per heavy atom. The van der Waals surface area contributed by atoms with Crippen LogP contribution in [0.3, 0.4) is 0 Å². The minimum Gasteiger partial charge on any atom is -0.322 e. The Kier molecular flexibility index (Phi) is 3.90. The molecule has 0 amide bonds. The summed E-state index contributed by atoms with van der Waals surface area (Å²) in [6.45, 7) is 4.88. The lowest BCUT2D eigenvalue weighted by Gasteiger charge is -2.23. The highest BCUT2D eigenvalue weighted by Gasteiger charge is 2.21. The molecule has 0 saturated carbocycles. The first-order chi connectivity index (χ1) is 10.5. The molecule has 2 aromatic rings. The molecule has 3 rings (SSSR count). The molecular weight excluding hydrogens is 282 g/mol. The van der Waals surface area contributed by atoms with Gasteiger partial charge in [-0.15, -0.1) is 0 Å². The second-order valence-corrected chi connectivity index (χ2v) is 6.06. The molecule has 0 aromatic carbocycles. The van der Waals surface area contributed by atoms with Crippen molar-refractivity contribution in [1.82, 2.24) is 24.0 Å². The molecule has 2 aromatic heterocycles. The summed E-state index contributed by atoms with van der Waals surface area (Å²) in [5.41, 5.74) is 0.477. The summed E-state index contributed by atoms with van der Waals surface area (Å²) in [6, 6.07) is 0. The third-order valence-corrected chi connectivity index (χ3v) is 4.64. The second kappa shape index (κ2) is 5.72. The lowest BCUT2D eigenvalue weighted by Crippen LogP contribution is -2.38. The van der Waals surface area contributed by atoms with Crippen molar-refractivity contribution in [3.63, 3.8) is 0 Å². The Morgan fingerprint density at radius 3 is 2.50 bits per heavy atom. The minimum atomic E-state index is -0.327. The molecule has 3 heterocycles. The summed E-state index contributed by atoms with van der Waals surface area (Å²) in [7, 11) is 3.20. The molecule has 1 saturated heterocycles. The van der Waals surface area contributed by atoms with Gasteiger partial charge in [0.25, 0.3) is 5.56 Å². The van der Waals surface area contributed by atoms with Gasteiger partial charge in [-0.2, -0.15) is 0 Å². The van der Waals surface area contributed by atoms with Crippen LogP contribution in [0.15, 0.2) is 9.59 Å². The molecule has 120 valence electrons. The summed E-state index contributed by atoms with van der Waals surface area (Å²) in [6.07, 6.45) is 2.96. The molecule has 22 heavy (non-hydrogen) atoms. The van der Waals surface area contributed by atoms with Gasteiger partial charge in [-0.1, -0.05) is 6.92 Å². The van der Waals surface area contributed by atoms with E-state index in [4.69, 9.17) is 0 Å². The van der Waals surface area contributed by atoms with E-state index in [9.17, 15) is 9.59 Å². The summed E-state index contributed by atoms with van der Waals surface area (Å²) in [4.78, 5) is 29.2. The van der Waals surface area contributed by atoms with E-state index in [1.54, 1.807) is 7.05 Å². The van der Waals surface area contributed by atoms with Crippen LogP contribution in [0.5, 0.6) is 0 Å². The number of nitrogens with zero attached hydrogens (tertiary/aromatic N) is 4. The molecule has 0 atom stereocenters. The van der Waals surface area contributed by atoms with Crippen molar-refractivity contribution in [1.29, 1.82) is 0 Å². The van der Waals surface area contributed by atoms with Crippen LogP contribution in [0.2, 0.25) is 0 Å². The molecule has 0 radical (unpaired) electrons. The average Bonchev–Trinajstić information content (AvgIpc) is 2.90. The van der Waals surface area contributed by atoms with E-state index >= 15 is 0 Å². The van der Waals surface area contributed by atoms with E-state index in [0.29, 0.717) is 17.1 Å². The Morgan fingerprint density at radius 2 is 1.86 bits per heavy atom. The van der Waals surface area contributed by atoms with Crippen molar-refractivity contribution in [2.24, 2.45) is 20.0 Å². The second-order valence-electron chi connectivity index (χ2n) is 6.06. The van der Waals surface area contributed by atoms with Gasteiger partial charge in [0.05, 0.1) is 0 Å². The number of aryl methyl sites for hydroxylation is 2. The number of aromatic nitrogens is 4. The standard InChI is InChI=1S/C15H23N5O2/c1-4-11-17-13-12(14(21)19(3)15(22)18(13)2)20(11)9-10-5-7-16-8-6-10/h10,16H,4-9H2,1-3H3. The van der Waals surface area contributed by atoms with Crippen molar-refractivity contribution in [2.75, 3.05) is 13.1 Å². The van der Waals surface area contributed by atoms with Gasteiger partial charge in [-0.3, -0.25) is 13.9 Å². The molecule has 0 spiro atoms. The maximum absolute atomic E-state index is 12.6. The first kappa shape index (κ1) is 15.0.